The van der Waals surface area contributed by atoms with E-state index in [9.17, 15) is 18.0 Å². The third kappa shape index (κ3) is 7.07. The third-order valence-corrected chi connectivity index (χ3v) is 8.49. The van der Waals surface area contributed by atoms with E-state index in [0.29, 0.717) is 41.6 Å². The van der Waals surface area contributed by atoms with Crippen LogP contribution in [-0.2, 0) is 14.8 Å². The summed E-state index contributed by atoms with van der Waals surface area (Å²) in [4.78, 5) is 34.7. The van der Waals surface area contributed by atoms with Crippen LogP contribution in [0.2, 0.25) is 5.02 Å². The molecule has 1 aliphatic heterocycles. The van der Waals surface area contributed by atoms with Crippen molar-refractivity contribution in [1.82, 2.24) is 19.4 Å². The molecule has 0 saturated carbocycles. The molecule has 2 aromatic heterocycles. The van der Waals surface area contributed by atoms with E-state index in [1.165, 1.54) is 6.07 Å². The molecule has 1 saturated heterocycles. The maximum atomic E-state index is 13.2. The number of nitrogens with zero attached hydrogens (tertiary/aromatic N) is 4. The maximum Gasteiger partial charge on any atom is 0.258 e. The molecule has 1 fully saturated rings. The molecule has 0 radical (unpaired) electrons. The predicted octanol–water partition coefficient (Wildman–Crippen LogP) is 4.56. The van der Waals surface area contributed by atoms with Crippen LogP contribution in [0.15, 0.2) is 53.8 Å². The van der Waals surface area contributed by atoms with Crippen LogP contribution in [0, 0.1) is 0 Å². The van der Waals surface area contributed by atoms with Gasteiger partial charge < -0.3 is 14.4 Å². The summed E-state index contributed by atoms with van der Waals surface area (Å²) in [5.74, 6) is -0.196. The first-order valence-corrected chi connectivity index (χ1v) is 15.2. The topological polar surface area (TPSA) is 117 Å². The molecule has 2 N–H and O–H groups in total. The maximum absolute atomic E-state index is 13.2. The Labute approximate surface area is 237 Å². The number of thiophene rings is 1. The lowest BCUT2D eigenvalue weighted by atomic mass is 10.1. The first-order chi connectivity index (χ1) is 18.6. The Morgan fingerprint density at radius 1 is 1.31 bits per heavy atom. The summed E-state index contributed by atoms with van der Waals surface area (Å²) in [7, 11) is 0.192. The van der Waals surface area contributed by atoms with E-state index in [1.54, 1.807) is 23.6 Å². The van der Waals surface area contributed by atoms with Gasteiger partial charge in [0.15, 0.2) is 0 Å². The fraction of sp³-hybridized carbons (Fsp3) is 0.346. The minimum absolute atomic E-state index is 0.0577. The standard InChI is InChI=1S/C26H31ClN6O4S2/c1-4-39(36,37)30-22-15-18(17-38-22)25(35)29-26-28-21-11-7-10-20(27)24(21)33(26)19-9-5-6-14-32(16-19)23(34)12-8-13-31(2)3/h4,7-8,10-12,15,17,19,30H,1,5-6,9,13-14,16H2,2-3H3,(H,28,29,35)/b12-8+/t19-/m1/s1. The molecule has 39 heavy (non-hydrogen) atoms. The summed E-state index contributed by atoms with van der Waals surface area (Å²) in [5, 5.41) is 6.02. The molecule has 208 valence electrons. The number of carbonyl (C=O) groups is 2. The second-order valence-corrected chi connectivity index (χ2v) is 12.4. The van der Waals surface area contributed by atoms with Gasteiger partial charge in [0.25, 0.3) is 15.9 Å². The van der Waals surface area contributed by atoms with Crippen LogP contribution in [0.1, 0.15) is 35.7 Å². The third-order valence-electron chi connectivity index (χ3n) is 6.26. The van der Waals surface area contributed by atoms with Crippen molar-refractivity contribution >= 4 is 66.8 Å². The van der Waals surface area contributed by atoms with Gasteiger partial charge in [0, 0.05) is 36.5 Å². The molecule has 1 aromatic carbocycles. The van der Waals surface area contributed by atoms with Gasteiger partial charge in [0.2, 0.25) is 11.9 Å². The average molecular weight is 591 g/mol. The lowest BCUT2D eigenvalue weighted by Crippen LogP contribution is -2.34. The van der Waals surface area contributed by atoms with E-state index in [-0.39, 0.29) is 22.5 Å². The molecule has 1 aliphatic rings. The lowest BCUT2D eigenvalue weighted by Gasteiger charge is -2.26. The first-order valence-electron chi connectivity index (χ1n) is 12.4. The van der Waals surface area contributed by atoms with Crippen LogP contribution in [0.3, 0.4) is 0 Å². The minimum atomic E-state index is -3.69. The zero-order valence-electron chi connectivity index (χ0n) is 21.8. The van der Waals surface area contributed by atoms with Crippen molar-refractivity contribution in [3.05, 3.63) is 64.4 Å². The number of para-hydroxylation sites is 1. The number of likely N-dealkylation sites (N-methyl/N-ethyl adjacent to an activating group) is 1. The predicted molar refractivity (Wildman–Crippen MR) is 157 cm³/mol. The molecule has 3 aromatic rings. The molecule has 1 atom stereocenters. The Morgan fingerprint density at radius 3 is 2.85 bits per heavy atom. The van der Waals surface area contributed by atoms with Crippen LogP contribution in [-0.4, -0.2) is 73.3 Å². The number of halogens is 1. The van der Waals surface area contributed by atoms with Crippen molar-refractivity contribution in [2.45, 2.75) is 25.3 Å². The fourth-order valence-electron chi connectivity index (χ4n) is 4.41. The van der Waals surface area contributed by atoms with Crippen molar-refractivity contribution in [2.75, 3.05) is 43.8 Å². The normalized spacial score (nSPS) is 16.5. The van der Waals surface area contributed by atoms with E-state index >= 15 is 0 Å². The molecule has 3 heterocycles. The van der Waals surface area contributed by atoms with E-state index in [1.807, 2.05) is 40.6 Å². The van der Waals surface area contributed by atoms with Crippen molar-refractivity contribution in [3.8, 4) is 0 Å². The van der Waals surface area contributed by atoms with Crippen LogP contribution in [0.5, 0.6) is 0 Å². The number of carbonyl (C=O) groups excluding carboxylic acids is 2. The Kier molecular flexibility index (Phi) is 9.11. The highest BCUT2D eigenvalue weighted by Crippen LogP contribution is 2.34. The molecule has 0 unspecified atom stereocenters. The average Bonchev–Trinajstić information content (AvgIpc) is 3.40. The summed E-state index contributed by atoms with van der Waals surface area (Å²) in [6.45, 7) is 5.02. The number of sulfonamides is 1. The Morgan fingerprint density at radius 2 is 2.10 bits per heavy atom. The number of anilines is 2. The Bertz CT molecular complexity index is 1510. The monoisotopic (exact) mass is 590 g/mol. The molecule has 2 amide bonds. The van der Waals surface area contributed by atoms with Crippen molar-refractivity contribution < 1.29 is 18.0 Å². The number of hydrogen-bond acceptors (Lipinski definition) is 7. The summed E-state index contributed by atoms with van der Waals surface area (Å²) in [5.41, 5.74) is 1.58. The molecule has 0 aliphatic carbocycles. The van der Waals surface area contributed by atoms with Gasteiger partial charge in [-0.3, -0.25) is 19.6 Å². The second kappa shape index (κ2) is 12.3. The highest BCUT2D eigenvalue weighted by Gasteiger charge is 2.27. The van der Waals surface area contributed by atoms with Gasteiger partial charge in [-0.05, 0) is 51.6 Å². The highest BCUT2D eigenvalue weighted by atomic mass is 35.5. The van der Waals surface area contributed by atoms with Crippen molar-refractivity contribution in [1.29, 1.82) is 0 Å². The summed E-state index contributed by atoms with van der Waals surface area (Å²) in [6, 6.07) is 6.67. The molecule has 13 heteroatoms. The van der Waals surface area contributed by atoms with Gasteiger partial charge in [0.05, 0.1) is 27.7 Å². The number of likely N-dealkylation sites (tertiary alicyclic amines) is 1. The van der Waals surface area contributed by atoms with Crippen LogP contribution >= 0.6 is 22.9 Å². The summed E-state index contributed by atoms with van der Waals surface area (Å²) >= 11 is 7.71. The number of fused-ring (bicyclic) bond motifs is 1. The van der Waals surface area contributed by atoms with Gasteiger partial charge in [0.1, 0.15) is 5.00 Å². The van der Waals surface area contributed by atoms with Gasteiger partial charge in [-0.2, -0.15) is 0 Å². The number of imidazole rings is 1. The first kappa shape index (κ1) is 28.8. The van der Waals surface area contributed by atoms with E-state index in [4.69, 9.17) is 11.6 Å². The SMILES string of the molecule is C=CS(=O)(=O)Nc1cc(C(=O)Nc2nc3cccc(Cl)c3n2[C@@H]2CCCCN(C(=O)/C=C/CN(C)C)C2)cs1. The number of benzene rings is 1. The Hall–Kier alpha value is -3.19. The summed E-state index contributed by atoms with van der Waals surface area (Å²) in [6.07, 6.45) is 5.99. The molecule has 0 spiro atoms. The fourth-order valence-corrected chi connectivity index (χ4v) is 6.26. The molecule has 10 nitrogen and oxygen atoms in total. The van der Waals surface area contributed by atoms with E-state index in [0.717, 1.165) is 36.0 Å². The summed E-state index contributed by atoms with van der Waals surface area (Å²) < 4.78 is 27.9. The number of amides is 2. The van der Waals surface area contributed by atoms with Gasteiger partial charge in [-0.15, -0.1) is 11.3 Å². The number of nitrogens with one attached hydrogen (secondary N) is 2. The Balaban J connectivity index is 1.64. The van der Waals surface area contributed by atoms with E-state index in [2.05, 4.69) is 21.6 Å². The van der Waals surface area contributed by atoms with Crippen molar-refractivity contribution in [2.24, 2.45) is 0 Å². The van der Waals surface area contributed by atoms with Crippen LogP contribution < -0.4 is 10.0 Å². The highest BCUT2D eigenvalue weighted by molar-refractivity contribution is 7.95. The van der Waals surface area contributed by atoms with E-state index < -0.39 is 15.9 Å². The van der Waals surface area contributed by atoms with Crippen LogP contribution in [0.25, 0.3) is 11.0 Å². The van der Waals surface area contributed by atoms with Gasteiger partial charge in [-0.25, -0.2) is 13.4 Å². The second-order valence-electron chi connectivity index (χ2n) is 9.48. The molecule has 4 rings (SSSR count). The van der Waals surface area contributed by atoms with Crippen LogP contribution in [0.4, 0.5) is 10.9 Å². The molecular formula is C26H31ClN6O4S2. The number of hydrogen-bond donors (Lipinski definition) is 2. The smallest absolute Gasteiger partial charge is 0.258 e. The van der Waals surface area contributed by atoms with Crippen molar-refractivity contribution in [3.63, 3.8) is 0 Å². The zero-order chi connectivity index (χ0) is 28.2. The molecule has 0 bridgehead atoms. The number of rotatable bonds is 9. The minimum Gasteiger partial charge on any atom is -0.337 e. The van der Waals surface area contributed by atoms with Gasteiger partial charge >= 0.3 is 0 Å². The largest absolute Gasteiger partial charge is 0.337 e. The quantitative estimate of drug-likeness (QED) is 0.353. The zero-order valence-corrected chi connectivity index (χ0v) is 24.2. The molecular weight excluding hydrogens is 560 g/mol. The number of aromatic nitrogens is 2. The lowest BCUT2D eigenvalue weighted by molar-refractivity contribution is -0.126. The van der Waals surface area contributed by atoms with Gasteiger partial charge in [-0.1, -0.05) is 30.3 Å².